The fraction of sp³-hybridized carbons (Fsp3) is 0.737. The first-order valence-corrected chi connectivity index (χ1v) is 8.39. The summed E-state index contributed by atoms with van der Waals surface area (Å²) in [4.78, 5) is 47.6. The van der Waals surface area contributed by atoms with Crippen molar-refractivity contribution in [3.05, 3.63) is 0 Å². The molecule has 180 valence electrons. The van der Waals surface area contributed by atoms with Crippen LogP contribution in [-0.2, 0) is 24.0 Å². The van der Waals surface area contributed by atoms with Gasteiger partial charge in [0.05, 0.1) is 12.3 Å². The fourth-order valence-corrected chi connectivity index (χ4v) is 0.349. The van der Waals surface area contributed by atoms with Crippen molar-refractivity contribution in [3.63, 3.8) is 0 Å². The number of hydrogen-bond acceptors (Lipinski definition) is 5. The maximum absolute atomic E-state index is 9.97. The summed E-state index contributed by atoms with van der Waals surface area (Å²) in [7, 11) is 0. The van der Waals surface area contributed by atoms with Gasteiger partial charge in [0.2, 0.25) is 0 Å². The van der Waals surface area contributed by atoms with E-state index in [4.69, 9.17) is 30.3 Å². The molecule has 29 heavy (non-hydrogen) atoms. The van der Waals surface area contributed by atoms with Crippen molar-refractivity contribution in [2.45, 2.75) is 89.5 Å². The first kappa shape index (κ1) is 50.3. The van der Waals surface area contributed by atoms with Crippen LogP contribution in [-0.4, -0.2) is 55.4 Å². The fourth-order valence-electron chi connectivity index (χ4n) is 0.349. The second-order valence-corrected chi connectivity index (χ2v) is 3.85. The zero-order chi connectivity index (χ0) is 23.6. The molecule has 0 aromatic carbocycles. The third-order valence-electron chi connectivity index (χ3n) is 1.51. The number of carboxylic acid groups (broad SMARTS) is 5. The molecular weight excluding hydrogens is 388 g/mol. The quantitative estimate of drug-likeness (QED) is 0.412. The van der Waals surface area contributed by atoms with E-state index in [2.05, 4.69) is 0 Å². The molecule has 0 aliphatic carbocycles. The first-order chi connectivity index (χ1) is 12.3. The molecule has 1 unspecified atom stereocenters. The molecule has 0 saturated carbocycles. The Bertz CT molecular complexity index is 361. The van der Waals surface area contributed by atoms with E-state index in [9.17, 15) is 19.2 Å². The van der Waals surface area contributed by atoms with E-state index >= 15 is 0 Å². The van der Waals surface area contributed by atoms with Gasteiger partial charge in [0, 0.05) is 19.8 Å². The predicted molar refractivity (Wildman–Crippen MR) is 114 cm³/mol. The lowest BCUT2D eigenvalue weighted by Crippen LogP contribution is -2.13. The number of rotatable bonds is 5. The van der Waals surface area contributed by atoms with Gasteiger partial charge in [0.15, 0.2) is 0 Å². The molecule has 0 spiro atoms. The van der Waals surface area contributed by atoms with Crippen LogP contribution in [0.4, 0.5) is 0 Å². The highest BCUT2D eigenvalue weighted by Gasteiger charge is 2.13. The van der Waals surface area contributed by atoms with Crippen LogP contribution in [0.2, 0.25) is 0 Å². The lowest BCUT2D eigenvalue weighted by Gasteiger charge is -1.98. The molecule has 0 radical (unpaired) electrons. The van der Waals surface area contributed by atoms with Crippen LogP contribution >= 0.6 is 0 Å². The van der Waals surface area contributed by atoms with E-state index in [0.29, 0.717) is 0 Å². The summed E-state index contributed by atoms with van der Waals surface area (Å²) < 4.78 is 0. The summed E-state index contributed by atoms with van der Waals surface area (Å²) in [6.45, 7) is 13.6. The summed E-state index contributed by atoms with van der Waals surface area (Å²) in [6, 6.07) is 0. The molecule has 10 heteroatoms. The molecule has 0 saturated heterocycles. The van der Waals surface area contributed by atoms with Gasteiger partial charge in [-0.3, -0.25) is 24.0 Å². The van der Waals surface area contributed by atoms with Crippen molar-refractivity contribution in [1.29, 1.82) is 0 Å². The number of carboxylic acids is 5. The normalized spacial score (nSPS) is 7.72. The van der Waals surface area contributed by atoms with E-state index in [-0.39, 0.29) is 34.1 Å². The van der Waals surface area contributed by atoms with E-state index in [1.807, 2.05) is 27.7 Å². The van der Waals surface area contributed by atoms with E-state index in [0.717, 1.165) is 6.92 Å². The minimum atomic E-state index is -1.08. The Labute approximate surface area is 175 Å². The lowest BCUT2D eigenvalue weighted by molar-refractivity contribution is -0.147. The molecule has 0 bridgehead atoms. The standard InChI is InChI=1S/C5H8O4.2C3H6O2.C2H4O2.2C2H6.2CH4/c1-3(5(8)9)2-4(6)7;2*1-2-3(4)5;1-2(3)4;2*1-2;;/h3H,2H2,1H3,(H,6,7)(H,8,9);2*2H2,1H3,(H,4,5);1H3,(H,3,4);2*1-2H3;2*1H4. The van der Waals surface area contributed by atoms with Gasteiger partial charge in [-0.1, -0.05) is 63.3 Å². The minimum Gasteiger partial charge on any atom is -0.481 e. The maximum atomic E-state index is 9.97. The molecule has 0 rings (SSSR count). The summed E-state index contributed by atoms with van der Waals surface area (Å²) in [6.07, 6.45) is 0.134. The van der Waals surface area contributed by atoms with E-state index < -0.39 is 35.8 Å². The van der Waals surface area contributed by atoms with Crippen LogP contribution in [0.15, 0.2) is 0 Å². The minimum absolute atomic E-state index is 0. The molecule has 0 aromatic heterocycles. The van der Waals surface area contributed by atoms with Crippen LogP contribution in [0.1, 0.15) is 89.5 Å². The van der Waals surface area contributed by atoms with Crippen LogP contribution in [0.5, 0.6) is 0 Å². The largest absolute Gasteiger partial charge is 0.481 e. The van der Waals surface area contributed by atoms with Crippen LogP contribution in [0, 0.1) is 5.92 Å². The van der Waals surface area contributed by atoms with Crippen molar-refractivity contribution < 1.29 is 49.5 Å². The summed E-state index contributed by atoms with van der Waals surface area (Å²) >= 11 is 0. The second-order valence-electron chi connectivity index (χ2n) is 3.85. The number of carbonyl (C=O) groups is 5. The molecular formula is C19H44O10. The Hall–Kier alpha value is -2.65. The smallest absolute Gasteiger partial charge is 0.306 e. The molecule has 0 aromatic rings. The van der Waals surface area contributed by atoms with Crippen molar-refractivity contribution in [1.82, 2.24) is 0 Å². The summed E-state index contributed by atoms with van der Waals surface area (Å²) in [5, 5.41) is 39.1. The Kier molecular flexibility index (Phi) is 77.4. The predicted octanol–water partition coefficient (Wildman–Crippen LogP) is 4.56. The third-order valence-corrected chi connectivity index (χ3v) is 1.51. The van der Waals surface area contributed by atoms with Gasteiger partial charge in [-0.15, -0.1) is 0 Å². The van der Waals surface area contributed by atoms with Gasteiger partial charge in [0.1, 0.15) is 0 Å². The van der Waals surface area contributed by atoms with Gasteiger partial charge in [-0.25, -0.2) is 0 Å². The lowest BCUT2D eigenvalue weighted by atomic mass is 10.1. The van der Waals surface area contributed by atoms with E-state index in [1.54, 1.807) is 13.8 Å². The third kappa shape index (κ3) is 158. The zero-order valence-electron chi connectivity index (χ0n) is 17.5. The van der Waals surface area contributed by atoms with Gasteiger partial charge < -0.3 is 25.5 Å². The van der Waals surface area contributed by atoms with Crippen molar-refractivity contribution in [2.75, 3.05) is 0 Å². The highest BCUT2D eigenvalue weighted by Crippen LogP contribution is 1.99. The van der Waals surface area contributed by atoms with Crippen LogP contribution in [0.25, 0.3) is 0 Å². The van der Waals surface area contributed by atoms with Crippen LogP contribution in [0.3, 0.4) is 0 Å². The Morgan fingerprint density at radius 3 is 0.862 bits per heavy atom. The number of aliphatic carboxylic acids is 5. The maximum Gasteiger partial charge on any atom is 0.306 e. The summed E-state index contributed by atoms with van der Waals surface area (Å²) in [5.74, 6) is -5.26. The zero-order valence-corrected chi connectivity index (χ0v) is 17.5. The Balaban J connectivity index is -0.0000000325. The first-order valence-electron chi connectivity index (χ1n) is 8.39. The molecule has 0 aliphatic rings. The molecule has 0 aliphatic heterocycles. The summed E-state index contributed by atoms with van der Waals surface area (Å²) in [5.41, 5.74) is 0. The molecule has 5 N–H and O–H groups in total. The van der Waals surface area contributed by atoms with Gasteiger partial charge in [0.25, 0.3) is 5.97 Å². The molecule has 0 amide bonds. The highest BCUT2D eigenvalue weighted by molar-refractivity contribution is 5.77. The van der Waals surface area contributed by atoms with Crippen molar-refractivity contribution >= 4 is 29.8 Å². The van der Waals surface area contributed by atoms with Crippen molar-refractivity contribution in [2.24, 2.45) is 5.92 Å². The molecule has 0 fully saturated rings. The molecule has 10 nitrogen and oxygen atoms in total. The SMILES string of the molecule is C.C.CC.CC.CC(=O)O.CC(CC(=O)O)C(=O)O.CCC(=O)O.CCC(=O)O. The van der Waals surface area contributed by atoms with E-state index in [1.165, 1.54) is 6.92 Å². The Morgan fingerprint density at radius 1 is 0.655 bits per heavy atom. The van der Waals surface area contributed by atoms with Gasteiger partial charge in [-0.05, 0) is 0 Å². The molecule has 1 atom stereocenters. The molecule has 0 heterocycles. The monoisotopic (exact) mass is 432 g/mol. The average Bonchev–Trinajstić information content (AvgIpc) is 2.58. The van der Waals surface area contributed by atoms with Gasteiger partial charge in [-0.2, -0.15) is 0 Å². The topological polar surface area (TPSA) is 186 Å². The van der Waals surface area contributed by atoms with Crippen molar-refractivity contribution in [3.8, 4) is 0 Å². The highest BCUT2D eigenvalue weighted by atomic mass is 16.4. The van der Waals surface area contributed by atoms with Gasteiger partial charge >= 0.3 is 23.9 Å². The second kappa shape index (κ2) is 44.6. The Morgan fingerprint density at radius 2 is 0.828 bits per heavy atom. The average molecular weight is 433 g/mol. The number of hydrogen-bond donors (Lipinski definition) is 5. The van der Waals surface area contributed by atoms with Crippen LogP contribution < -0.4 is 0 Å².